The van der Waals surface area contributed by atoms with Crippen LogP contribution in [0.5, 0.6) is 0 Å². The number of guanidine groups is 1. The zero-order valence-electron chi connectivity index (χ0n) is 16.9. The molecular formula is C19H31IN6OS. The number of piperazine rings is 1. The second-order valence-corrected chi connectivity index (χ2v) is 7.54. The van der Waals surface area contributed by atoms with Crippen molar-refractivity contribution < 1.29 is 4.42 Å². The maximum Gasteiger partial charge on any atom is 0.205 e. The first-order valence-corrected chi connectivity index (χ1v) is 10.6. The molecule has 7 nitrogen and oxygen atoms in total. The highest BCUT2D eigenvalue weighted by Gasteiger charge is 2.22. The fourth-order valence-electron chi connectivity index (χ4n) is 2.91. The highest BCUT2D eigenvalue weighted by Crippen LogP contribution is 2.19. The van der Waals surface area contributed by atoms with Crippen LogP contribution >= 0.6 is 35.5 Å². The molecule has 156 valence electrons. The standard InChI is InChI=1S/C19H30N6OS.HI/c1-4-15(3)21-18(20-9-8-16-7-6-14-26-16)24-10-12-25(13-11-24)19-22-17(5-2)23-27-19;/h6-7,14-15H,4-5,8-13H2,1-3H3,(H,20,21);1H. The van der Waals surface area contributed by atoms with Gasteiger partial charge in [-0.1, -0.05) is 13.8 Å². The number of hydrogen-bond acceptors (Lipinski definition) is 6. The van der Waals surface area contributed by atoms with E-state index in [1.807, 2.05) is 12.1 Å². The summed E-state index contributed by atoms with van der Waals surface area (Å²) in [6.45, 7) is 11.0. The highest BCUT2D eigenvalue weighted by atomic mass is 127. The number of nitrogens with zero attached hydrogens (tertiary/aromatic N) is 5. The Hall–Kier alpha value is -1.36. The minimum absolute atomic E-state index is 0. The number of furan rings is 1. The number of aryl methyl sites for hydroxylation is 1. The molecule has 1 atom stereocenters. The fraction of sp³-hybridized carbons (Fsp3) is 0.632. The average Bonchev–Trinajstić information content (AvgIpc) is 3.39. The Bertz CT molecular complexity index is 712. The molecule has 2 aromatic rings. The van der Waals surface area contributed by atoms with Crippen LogP contribution in [0.25, 0.3) is 0 Å². The number of aliphatic imine (C=N–C) groups is 1. The van der Waals surface area contributed by atoms with Crippen LogP contribution in [0.1, 0.15) is 38.8 Å². The van der Waals surface area contributed by atoms with E-state index in [0.29, 0.717) is 6.04 Å². The Kier molecular flexibility index (Phi) is 9.49. The summed E-state index contributed by atoms with van der Waals surface area (Å²) in [4.78, 5) is 14.2. The molecule has 9 heteroatoms. The molecule has 0 saturated carbocycles. The summed E-state index contributed by atoms with van der Waals surface area (Å²) in [5.41, 5.74) is 0. The van der Waals surface area contributed by atoms with Crippen molar-refractivity contribution in [3.8, 4) is 0 Å². The topological polar surface area (TPSA) is 69.8 Å². The Labute approximate surface area is 188 Å². The lowest BCUT2D eigenvalue weighted by atomic mass is 10.2. The number of rotatable bonds is 7. The summed E-state index contributed by atoms with van der Waals surface area (Å²) >= 11 is 1.51. The quantitative estimate of drug-likeness (QED) is 0.344. The first-order chi connectivity index (χ1) is 13.2. The van der Waals surface area contributed by atoms with Crippen LogP contribution in [-0.4, -0.2) is 59.0 Å². The Balaban J connectivity index is 0.00000280. The average molecular weight is 518 g/mol. The van der Waals surface area contributed by atoms with Crippen LogP contribution in [0.3, 0.4) is 0 Å². The van der Waals surface area contributed by atoms with Gasteiger partial charge in [-0.2, -0.15) is 4.37 Å². The van der Waals surface area contributed by atoms with Gasteiger partial charge in [0, 0.05) is 63.1 Å². The van der Waals surface area contributed by atoms with Crippen LogP contribution in [-0.2, 0) is 12.8 Å². The molecule has 2 aromatic heterocycles. The zero-order chi connectivity index (χ0) is 19.1. The maximum atomic E-state index is 5.42. The maximum absolute atomic E-state index is 5.42. The van der Waals surface area contributed by atoms with Crippen molar-refractivity contribution in [3.63, 3.8) is 0 Å². The van der Waals surface area contributed by atoms with Crippen LogP contribution in [0.4, 0.5) is 5.13 Å². The summed E-state index contributed by atoms with van der Waals surface area (Å²) in [6.07, 6.45) is 4.50. The van der Waals surface area contributed by atoms with Crippen LogP contribution in [0.2, 0.25) is 0 Å². The van der Waals surface area contributed by atoms with Gasteiger partial charge in [-0.15, -0.1) is 24.0 Å². The summed E-state index contributed by atoms with van der Waals surface area (Å²) in [5.74, 6) is 2.92. The normalized spacial score (nSPS) is 16.0. The molecule has 1 fully saturated rings. The zero-order valence-corrected chi connectivity index (χ0v) is 20.1. The summed E-state index contributed by atoms with van der Waals surface area (Å²) < 4.78 is 9.83. The molecule has 1 aliphatic rings. The number of aromatic nitrogens is 2. The fourth-order valence-corrected chi connectivity index (χ4v) is 3.71. The van der Waals surface area contributed by atoms with Crippen molar-refractivity contribution in [2.24, 2.45) is 4.99 Å². The van der Waals surface area contributed by atoms with Crippen molar-refractivity contribution in [2.45, 2.75) is 46.1 Å². The lowest BCUT2D eigenvalue weighted by molar-refractivity contribution is 0.365. The van der Waals surface area contributed by atoms with E-state index in [1.165, 1.54) is 11.5 Å². The predicted octanol–water partition coefficient (Wildman–Crippen LogP) is 3.42. The van der Waals surface area contributed by atoms with Gasteiger partial charge in [0.25, 0.3) is 0 Å². The molecule has 0 radical (unpaired) electrons. The molecule has 1 aliphatic heterocycles. The SMILES string of the molecule is CCc1nsc(N2CCN(C(=NCCc3ccco3)NC(C)CC)CC2)n1.I. The molecule has 1 saturated heterocycles. The summed E-state index contributed by atoms with van der Waals surface area (Å²) in [7, 11) is 0. The van der Waals surface area contributed by atoms with Crippen molar-refractivity contribution in [1.82, 2.24) is 19.6 Å². The lowest BCUT2D eigenvalue weighted by Gasteiger charge is -2.37. The Morgan fingerprint density at radius 1 is 1.32 bits per heavy atom. The second kappa shape index (κ2) is 11.6. The van der Waals surface area contributed by atoms with Crippen molar-refractivity contribution >= 4 is 46.6 Å². The summed E-state index contributed by atoms with van der Waals surface area (Å²) in [5, 5.41) is 4.63. The predicted molar refractivity (Wildman–Crippen MR) is 126 cm³/mol. The third-order valence-electron chi connectivity index (χ3n) is 4.81. The smallest absolute Gasteiger partial charge is 0.205 e. The van der Waals surface area contributed by atoms with E-state index >= 15 is 0 Å². The molecule has 0 amide bonds. The van der Waals surface area contributed by atoms with E-state index in [2.05, 4.69) is 45.2 Å². The first-order valence-electron chi connectivity index (χ1n) is 9.85. The molecule has 3 heterocycles. The molecule has 0 spiro atoms. The molecule has 1 N–H and O–H groups in total. The second-order valence-electron chi connectivity index (χ2n) is 6.81. The molecule has 28 heavy (non-hydrogen) atoms. The molecule has 0 aromatic carbocycles. The summed E-state index contributed by atoms with van der Waals surface area (Å²) in [6, 6.07) is 4.33. The largest absolute Gasteiger partial charge is 0.469 e. The van der Waals surface area contributed by atoms with Gasteiger partial charge in [-0.25, -0.2) is 4.98 Å². The Morgan fingerprint density at radius 3 is 2.71 bits per heavy atom. The first kappa shape index (κ1) is 22.9. The van der Waals surface area contributed by atoms with Gasteiger partial charge >= 0.3 is 0 Å². The van der Waals surface area contributed by atoms with Crippen molar-refractivity contribution in [2.75, 3.05) is 37.6 Å². The van der Waals surface area contributed by atoms with E-state index in [4.69, 9.17) is 9.41 Å². The monoisotopic (exact) mass is 518 g/mol. The van der Waals surface area contributed by atoms with Gasteiger partial charge in [0.05, 0.1) is 6.26 Å². The number of anilines is 1. The molecular weight excluding hydrogens is 487 g/mol. The van der Waals surface area contributed by atoms with E-state index in [9.17, 15) is 0 Å². The highest BCUT2D eigenvalue weighted by molar-refractivity contribution is 14.0. The molecule has 0 bridgehead atoms. The van der Waals surface area contributed by atoms with E-state index < -0.39 is 0 Å². The van der Waals surface area contributed by atoms with Crippen molar-refractivity contribution in [3.05, 3.63) is 30.0 Å². The minimum atomic E-state index is 0. The van der Waals surface area contributed by atoms with Gasteiger partial charge < -0.3 is 19.5 Å². The third-order valence-corrected chi connectivity index (χ3v) is 5.63. The van der Waals surface area contributed by atoms with Gasteiger partial charge in [0.1, 0.15) is 11.6 Å². The van der Waals surface area contributed by atoms with Crippen LogP contribution in [0.15, 0.2) is 27.8 Å². The molecule has 0 aliphatic carbocycles. The van der Waals surface area contributed by atoms with Gasteiger partial charge in [-0.3, -0.25) is 4.99 Å². The number of nitrogens with one attached hydrogen (secondary N) is 1. The lowest BCUT2D eigenvalue weighted by Crippen LogP contribution is -2.54. The molecule has 1 unspecified atom stereocenters. The van der Waals surface area contributed by atoms with E-state index in [-0.39, 0.29) is 24.0 Å². The van der Waals surface area contributed by atoms with Gasteiger partial charge in [-0.05, 0) is 25.5 Å². The number of hydrogen-bond donors (Lipinski definition) is 1. The Morgan fingerprint density at radius 2 is 2.11 bits per heavy atom. The van der Waals surface area contributed by atoms with Gasteiger partial charge in [0.2, 0.25) is 5.13 Å². The van der Waals surface area contributed by atoms with Crippen LogP contribution < -0.4 is 10.2 Å². The van der Waals surface area contributed by atoms with Crippen molar-refractivity contribution in [1.29, 1.82) is 0 Å². The van der Waals surface area contributed by atoms with Gasteiger partial charge in [0.15, 0.2) is 5.96 Å². The molecule has 3 rings (SSSR count). The van der Waals surface area contributed by atoms with E-state index in [0.717, 1.165) is 74.7 Å². The third kappa shape index (κ3) is 6.33. The van der Waals surface area contributed by atoms with Crippen LogP contribution in [0, 0.1) is 0 Å². The number of halogens is 1. The van der Waals surface area contributed by atoms with E-state index in [1.54, 1.807) is 6.26 Å². The minimum Gasteiger partial charge on any atom is -0.469 e.